The van der Waals surface area contributed by atoms with E-state index in [9.17, 15) is 22.4 Å². The molecule has 5 aromatic rings. The molecule has 0 radical (unpaired) electrons. The van der Waals surface area contributed by atoms with Crippen molar-refractivity contribution in [2.24, 2.45) is 5.10 Å². The summed E-state index contributed by atoms with van der Waals surface area (Å²) in [6, 6.07) is 14.2. The molecule has 2 aromatic carbocycles. The third-order valence-corrected chi connectivity index (χ3v) is 8.51. The van der Waals surface area contributed by atoms with Crippen LogP contribution in [0.5, 0.6) is 0 Å². The van der Waals surface area contributed by atoms with Gasteiger partial charge in [0.05, 0.1) is 29.1 Å². The quantitative estimate of drug-likeness (QED) is 0.274. The number of aromatic nitrogens is 2. The minimum Gasteiger partial charge on any atom is -0.455 e. The van der Waals surface area contributed by atoms with Gasteiger partial charge >= 0.3 is 0 Å². The summed E-state index contributed by atoms with van der Waals surface area (Å²) in [6.07, 6.45) is 2.84. The SMILES string of the molecule is CNC(=O)c1c(-c2ccc(F)cc2)oc2cc(N(C)S(C)(=O)=O)c(C3=NNC(=O)C(c4cc5cccnc5[nH]4)C3)cc12. The second kappa shape index (κ2) is 10.1. The highest BCUT2D eigenvalue weighted by Gasteiger charge is 2.32. The first-order valence-corrected chi connectivity index (χ1v) is 14.7. The van der Waals surface area contributed by atoms with E-state index in [0.717, 1.165) is 15.9 Å². The van der Waals surface area contributed by atoms with E-state index >= 15 is 0 Å². The molecule has 42 heavy (non-hydrogen) atoms. The number of halogens is 1. The van der Waals surface area contributed by atoms with Crippen molar-refractivity contribution in [3.05, 3.63) is 83.4 Å². The van der Waals surface area contributed by atoms with Crippen LogP contribution in [0.2, 0.25) is 0 Å². The molecule has 3 aromatic heterocycles. The summed E-state index contributed by atoms with van der Waals surface area (Å²) >= 11 is 0. The molecule has 13 heteroatoms. The highest BCUT2D eigenvalue weighted by atomic mass is 32.2. The van der Waals surface area contributed by atoms with Crippen LogP contribution in [-0.4, -0.2) is 56.3 Å². The number of amides is 2. The van der Waals surface area contributed by atoms with Crippen LogP contribution in [0.1, 0.15) is 34.0 Å². The maximum Gasteiger partial charge on any atom is 0.255 e. The Morgan fingerprint density at radius 3 is 2.62 bits per heavy atom. The zero-order valence-electron chi connectivity index (χ0n) is 22.7. The Balaban J connectivity index is 1.54. The van der Waals surface area contributed by atoms with E-state index in [1.165, 1.54) is 44.4 Å². The molecule has 0 saturated carbocycles. The fourth-order valence-corrected chi connectivity index (χ4v) is 5.59. The third-order valence-electron chi connectivity index (χ3n) is 7.32. The van der Waals surface area contributed by atoms with Crippen LogP contribution >= 0.6 is 0 Å². The highest BCUT2D eigenvalue weighted by molar-refractivity contribution is 7.92. The molecule has 1 aliphatic rings. The van der Waals surface area contributed by atoms with Gasteiger partial charge in [-0.25, -0.2) is 23.2 Å². The van der Waals surface area contributed by atoms with E-state index in [4.69, 9.17) is 4.42 Å². The molecule has 2 amide bonds. The Bertz CT molecular complexity index is 2000. The van der Waals surface area contributed by atoms with Crippen molar-refractivity contribution in [2.45, 2.75) is 12.3 Å². The van der Waals surface area contributed by atoms with Crippen molar-refractivity contribution in [3.63, 3.8) is 0 Å². The molecule has 0 spiro atoms. The van der Waals surface area contributed by atoms with Gasteiger partial charge in [0.1, 0.15) is 22.8 Å². The largest absolute Gasteiger partial charge is 0.455 e. The van der Waals surface area contributed by atoms with E-state index < -0.39 is 27.7 Å². The van der Waals surface area contributed by atoms with Gasteiger partial charge in [0.15, 0.2) is 0 Å². The molecule has 6 rings (SSSR count). The number of carbonyl (C=O) groups excluding carboxylic acids is 2. The number of hydrazone groups is 1. The zero-order chi connectivity index (χ0) is 29.8. The van der Waals surface area contributed by atoms with Gasteiger partial charge in [-0.15, -0.1) is 0 Å². The van der Waals surface area contributed by atoms with Gasteiger partial charge in [-0.05, 0) is 48.5 Å². The van der Waals surface area contributed by atoms with Crippen molar-refractivity contribution >= 4 is 55.2 Å². The molecule has 0 fully saturated rings. The number of pyridine rings is 1. The van der Waals surface area contributed by atoms with Crippen LogP contribution in [0.25, 0.3) is 33.3 Å². The predicted octanol–water partition coefficient (Wildman–Crippen LogP) is 3.88. The fraction of sp³-hybridized carbons (Fsp3) is 0.172. The molecule has 11 nitrogen and oxygen atoms in total. The van der Waals surface area contributed by atoms with E-state index in [1.807, 2.05) is 12.1 Å². The Morgan fingerprint density at radius 1 is 1.17 bits per heavy atom. The first kappa shape index (κ1) is 27.1. The number of rotatable bonds is 6. The first-order chi connectivity index (χ1) is 20.0. The molecular weight excluding hydrogens is 563 g/mol. The Morgan fingerprint density at radius 2 is 1.93 bits per heavy atom. The minimum atomic E-state index is -3.75. The van der Waals surface area contributed by atoms with E-state index in [0.29, 0.717) is 33.6 Å². The van der Waals surface area contributed by atoms with Gasteiger partial charge in [-0.1, -0.05) is 0 Å². The zero-order valence-corrected chi connectivity index (χ0v) is 23.5. The molecule has 0 bridgehead atoms. The van der Waals surface area contributed by atoms with E-state index in [2.05, 4.69) is 25.8 Å². The van der Waals surface area contributed by atoms with E-state index in [-0.39, 0.29) is 34.9 Å². The minimum absolute atomic E-state index is 0.132. The molecule has 1 aliphatic heterocycles. The van der Waals surface area contributed by atoms with Gasteiger partial charge in [0, 0.05) is 60.4 Å². The molecule has 3 N–H and O–H groups in total. The molecule has 214 valence electrons. The standard InChI is InChI=1S/C29H25FN6O5S/c1-31-29(38)25-20-12-18(22-13-19(28(37)35-34-22)21-11-16-5-4-10-32-27(16)33-21)23(36(2)42(3,39)40)14-24(20)41-26(25)15-6-8-17(30)9-7-15/h4-12,14,19H,13H2,1-3H3,(H,31,38)(H,32,33)(H,35,37). The number of benzene rings is 2. The monoisotopic (exact) mass is 588 g/mol. The van der Waals surface area contributed by atoms with Gasteiger partial charge in [0.25, 0.3) is 5.91 Å². The van der Waals surface area contributed by atoms with Gasteiger partial charge in [-0.3, -0.25) is 13.9 Å². The summed E-state index contributed by atoms with van der Waals surface area (Å²) < 4.78 is 46.2. The van der Waals surface area contributed by atoms with Crippen LogP contribution in [-0.2, 0) is 14.8 Å². The number of nitrogens with one attached hydrogen (secondary N) is 3. The van der Waals surface area contributed by atoms with Crippen molar-refractivity contribution in [1.29, 1.82) is 0 Å². The molecule has 0 saturated heterocycles. The number of anilines is 1. The Labute approximate surface area is 239 Å². The number of hydrogen-bond acceptors (Lipinski definition) is 7. The molecular formula is C29H25FN6O5S. The maximum atomic E-state index is 13.7. The number of nitrogens with zero attached hydrogens (tertiary/aromatic N) is 3. The van der Waals surface area contributed by atoms with Crippen LogP contribution in [0.4, 0.5) is 10.1 Å². The summed E-state index contributed by atoms with van der Waals surface area (Å²) in [6.45, 7) is 0. The molecule has 1 unspecified atom stereocenters. The van der Waals surface area contributed by atoms with Crippen molar-refractivity contribution in [1.82, 2.24) is 20.7 Å². The summed E-state index contributed by atoms with van der Waals surface area (Å²) in [5.74, 6) is -1.72. The lowest BCUT2D eigenvalue weighted by Crippen LogP contribution is -2.34. The topological polar surface area (TPSA) is 150 Å². The maximum absolute atomic E-state index is 13.7. The number of sulfonamides is 1. The highest BCUT2D eigenvalue weighted by Crippen LogP contribution is 2.39. The summed E-state index contributed by atoms with van der Waals surface area (Å²) in [4.78, 5) is 33.6. The Kier molecular flexibility index (Phi) is 6.53. The summed E-state index contributed by atoms with van der Waals surface area (Å²) in [5.41, 5.74) is 5.71. The van der Waals surface area contributed by atoms with Gasteiger partial charge < -0.3 is 14.7 Å². The average molecular weight is 589 g/mol. The normalized spacial score (nSPS) is 15.5. The number of furan rings is 1. The number of hydrogen-bond donors (Lipinski definition) is 3. The lowest BCUT2D eigenvalue weighted by atomic mass is 9.91. The lowest BCUT2D eigenvalue weighted by Gasteiger charge is -2.25. The average Bonchev–Trinajstić information content (AvgIpc) is 3.57. The molecule has 0 aliphatic carbocycles. The second-order valence-electron chi connectivity index (χ2n) is 9.95. The number of fused-ring (bicyclic) bond motifs is 2. The summed E-state index contributed by atoms with van der Waals surface area (Å²) in [7, 11) is -0.877. The number of H-pyrrole nitrogens is 1. The number of carbonyl (C=O) groups is 2. The van der Waals surface area contributed by atoms with Crippen molar-refractivity contribution in [2.75, 3.05) is 24.7 Å². The predicted molar refractivity (Wildman–Crippen MR) is 156 cm³/mol. The first-order valence-electron chi connectivity index (χ1n) is 12.9. The van der Waals surface area contributed by atoms with Crippen LogP contribution < -0.4 is 15.0 Å². The van der Waals surface area contributed by atoms with E-state index in [1.54, 1.807) is 18.3 Å². The molecule has 1 atom stereocenters. The van der Waals surface area contributed by atoms with Crippen molar-refractivity contribution in [3.8, 4) is 11.3 Å². The van der Waals surface area contributed by atoms with Gasteiger partial charge in [0.2, 0.25) is 15.9 Å². The lowest BCUT2D eigenvalue weighted by molar-refractivity contribution is -0.122. The fourth-order valence-electron chi connectivity index (χ4n) is 5.08. The van der Waals surface area contributed by atoms with Crippen molar-refractivity contribution < 1.29 is 26.8 Å². The summed E-state index contributed by atoms with van der Waals surface area (Å²) in [5, 5.41) is 8.14. The van der Waals surface area contributed by atoms with Crippen LogP contribution in [0.3, 0.4) is 0 Å². The van der Waals surface area contributed by atoms with Gasteiger partial charge in [-0.2, -0.15) is 5.10 Å². The Hall–Kier alpha value is -5.04. The number of aromatic amines is 1. The van der Waals surface area contributed by atoms with Crippen LogP contribution in [0.15, 0.2) is 70.3 Å². The smallest absolute Gasteiger partial charge is 0.255 e. The molecule has 4 heterocycles. The van der Waals surface area contributed by atoms with Crippen LogP contribution in [0, 0.1) is 5.82 Å². The second-order valence-corrected chi connectivity index (χ2v) is 12.0. The third kappa shape index (κ3) is 4.67.